The first-order chi connectivity index (χ1) is 7.33. The highest BCUT2D eigenvalue weighted by Crippen LogP contribution is 2.20. The molecule has 0 bridgehead atoms. The Bertz CT molecular complexity index is 462. The number of aromatic nitrogens is 1. The molecule has 0 atom stereocenters. The van der Waals surface area contributed by atoms with E-state index in [2.05, 4.69) is 4.98 Å². The van der Waals surface area contributed by atoms with Crippen molar-refractivity contribution < 1.29 is 13.9 Å². The lowest BCUT2D eigenvalue weighted by Gasteiger charge is -2.04. The predicted molar refractivity (Wildman–Crippen MR) is 52.9 cm³/mol. The van der Waals surface area contributed by atoms with Crippen LogP contribution in [0.2, 0.25) is 0 Å². The zero-order valence-electron chi connectivity index (χ0n) is 8.14. The lowest BCUT2D eigenvalue weighted by molar-refractivity contribution is 0.1000. The number of benzene rings is 1. The van der Waals surface area contributed by atoms with Crippen LogP contribution < -0.4 is 4.74 Å². The molecule has 0 amide bonds. The molecular weight excluding hydrogens is 194 g/mol. The monoisotopic (exact) mass is 203 g/mol. The molecule has 4 nitrogen and oxygen atoms in total. The number of hydrogen-bond donors (Lipinski definition) is 0. The van der Waals surface area contributed by atoms with Crippen molar-refractivity contribution in [2.75, 3.05) is 7.11 Å². The summed E-state index contributed by atoms with van der Waals surface area (Å²) in [6.45, 7) is 0. The topological polar surface area (TPSA) is 52.3 Å². The van der Waals surface area contributed by atoms with E-state index in [1.165, 1.54) is 19.6 Å². The molecule has 1 heterocycles. The van der Waals surface area contributed by atoms with Crippen LogP contribution in [0.1, 0.15) is 16.2 Å². The van der Waals surface area contributed by atoms with E-state index < -0.39 is 0 Å². The Kier molecular flexibility index (Phi) is 2.49. The van der Waals surface area contributed by atoms with Crippen molar-refractivity contribution in [3.8, 4) is 5.75 Å². The van der Waals surface area contributed by atoms with Crippen LogP contribution in [0.4, 0.5) is 0 Å². The molecule has 0 unspecified atom stereocenters. The lowest BCUT2D eigenvalue weighted by Crippen LogP contribution is -2.03. The number of nitrogens with zero attached hydrogens (tertiary/aromatic N) is 1. The predicted octanol–water partition coefficient (Wildman–Crippen LogP) is 1.91. The van der Waals surface area contributed by atoms with Gasteiger partial charge in [0.2, 0.25) is 0 Å². The minimum Gasteiger partial charge on any atom is -0.496 e. The number of hydrogen-bond acceptors (Lipinski definition) is 4. The van der Waals surface area contributed by atoms with Crippen molar-refractivity contribution in [1.82, 2.24) is 4.98 Å². The van der Waals surface area contributed by atoms with Gasteiger partial charge in [-0.1, -0.05) is 12.1 Å². The van der Waals surface area contributed by atoms with Gasteiger partial charge in [-0.05, 0) is 12.1 Å². The van der Waals surface area contributed by atoms with Crippen molar-refractivity contribution >= 4 is 5.78 Å². The number of rotatable bonds is 3. The fourth-order valence-corrected chi connectivity index (χ4v) is 1.28. The maximum absolute atomic E-state index is 11.9. The Morgan fingerprint density at radius 1 is 1.40 bits per heavy atom. The van der Waals surface area contributed by atoms with Crippen molar-refractivity contribution in [2.45, 2.75) is 0 Å². The number of carbonyl (C=O) groups is 1. The maximum Gasteiger partial charge on any atom is 0.268 e. The second-order valence-corrected chi connectivity index (χ2v) is 2.87. The average molecular weight is 203 g/mol. The van der Waals surface area contributed by atoms with Crippen molar-refractivity contribution in [3.63, 3.8) is 0 Å². The van der Waals surface area contributed by atoms with Crippen molar-refractivity contribution in [2.24, 2.45) is 0 Å². The molecule has 0 fully saturated rings. The van der Waals surface area contributed by atoms with Crippen LogP contribution in [-0.4, -0.2) is 17.9 Å². The number of ether oxygens (including phenoxy) is 1. The molecule has 0 N–H and O–H groups in total. The van der Waals surface area contributed by atoms with Crippen LogP contribution in [-0.2, 0) is 0 Å². The largest absolute Gasteiger partial charge is 0.496 e. The van der Waals surface area contributed by atoms with Gasteiger partial charge in [0.1, 0.15) is 12.0 Å². The highest BCUT2D eigenvalue weighted by Gasteiger charge is 2.17. The summed E-state index contributed by atoms with van der Waals surface area (Å²) in [6.07, 6.45) is 2.80. The van der Waals surface area contributed by atoms with Gasteiger partial charge in [-0.2, -0.15) is 0 Å². The van der Waals surface area contributed by atoms with Crippen LogP contribution in [0.3, 0.4) is 0 Å². The molecule has 4 heteroatoms. The normalized spacial score (nSPS) is 9.93. The highest BCUT2D eigenvalue weighted by molar-refractivity contribution is 6.07. The summed E-state index contributed by atoms with van der Waals surface area (Å²) in [5.74, 6) is 0.303. The SMILES string of the molecule is COc1ccccc1C(=O)c1ncco1. The zero-order valence-corrected chi connectivity index (χ0v) is 8.14. The van der Waals surface area contributed by atoms with E-state index >= 15 is 0 Å². The van der Waals surface area contributed by atoms with Gasteiger partial charge < -0.3 is 9.15 Å². The fraction of sp³-hybridized carbons (Fsp3) is 0.0909. The third-order valence-electron chi connectivity index (χ3n) is 1.98. The lowest BCUT2D eigenvalue weighted by atomic mass is 10.1. The Balaban J connectivity index is 2.42. The third kappa shape index (κ3) is 1.74. The number of oxazole rings is 1. The summed E-state index contributed by atoms with van der Waals surface area (Å²) in [7, 11) is 1.52. The zero-order chi connectivity index (χ0) is 10.7. The van der Waals surface area contributed by atoms with Gasteiger partial charge >= 0.3 is 0 Å². The molecule has 76 valence electrons. The van der Waals surface area contributed by atoms with Gasteiger partial charge in [0.15, 0.2) is 0 Å². The number of carbonyl (C=O) groups excluding carboxylic acids is 1. The van der Waals surface area contributed by atoms with Crippen LogP contribution in [0.25, 0.3) is 0 Å². The molecule has 1 aromatic heterocycles. The van der Waals surface area contributed by atoms with Crippen molar-refractivity contribution in [3.05, 3.63) is 48.2 Å². The summed E-state index contributed by atoms with van der Waals surface area (Å²) in [5, 5.41) is 0. The van der Waals surface area contributed by atoms with E-state index in [4.69, 9.17) is 9.15 Å². The first-order valence-electron chi connectivity index (χ1n) is 4.40. The maximum atomic E-state index is 11.9. The van der Waals surface area contributed by atoms with Crippen molar-refractivity contribution in [1.29, 1.82) is 0 Å². The van der Waals surface area contributed by atoms with Crippen LogP contribution in [0.15, 0.2) is 41.1 Å². The standard InChI is InChI=1S/C11H9NO3/c1-14-9-5-3-2-4-8(9)10(13)11-12-6-7-15-11/h2-7H,1H3. The van der Waals surface area contributed by atoms with Crippen LogP contribution in [0.5, 0.6) is 5.75 Å². The number of para-hydroxylation sites is 1. The second-order valence-electron chi connectivity index (χ2n) is 2.87. The van der Waals surface area contributed by atoms with E-state index in [-0.39, 0.29) is 11.7 Å². The summed E-state index contributed by atoms with van der Waals surface area (Å²) in [6, 6.07) is 6.95. The van der Waals surface area contributed by atoms with Gasteiger partial charge in [0, 0.05) is 0 Å². The van der Waals surface area contributed by atoms with Gasteiger partial charge in [0.25, 0.3) is 11.7 Å². The number of ketones is 1. The minimum atomic E-state index is -0.280. The third-order valence-corrected chi connectivity index (χ3v) is 1.98. The van der Waals surface area contributed by atoms with E-state index in [0.29, 0.717) is 11.3 Å². The molecule has 15 heavy (non-hydrogen) atoms. The number of methoxy groups -OCH3 is 1. The van der Waals surface area contributed by atoms with Gasteiger partial charge in [0.05, 0.1) is 18.9 Å². The van der Waals surface area contributed by atoms with E-state index in [1.807, 2.05) is 0 Å². The summed E-state index contributed by atoms with van der Waals surface area (Å²) >= 11 is 0. The van der Waals surface area contributed by atoms with Crippen LogP contribution in [0, 0.1) is 0 Å². The van der Waals surface area contributed by atoms with E-state index in [0.717, 1.165) is 0 Å². The fourth-order valence-electron chi connectivity index (χ4n) is 1.28. The van der Waals surface area contributed by atoms with Crippen LogP contribution >= 0.6 is 0 Å². The molecule has 1 aromatic carbocycles. The first-order valence-corrected chi connectivity index (χ1v) is 4.40. The molecule has 0 aliphatic carbocycles. The average Bonchev–Trinajstić information content (AvgIpc) is 2.81. The van der Waals surface area contributed by atoms with Gasteiger partial charge in [-0.25, -0.2) is 4.98 Å². The summed E-state index contributed by atoms with van der Waals surface area (Å²) in [4.78, 5) is 15.6. The second kappa shape index (κ2) is 3.96. The quantitative estimate of drug-likeness (QED) is 0.715. The molecule has 0 aliphatic rings. The Morgan fingerprint density at radius 3 is 2.87 bits per heavy atom. The molecule has 0 aliphatic heterocycles. The molecule has 2 aromatic rings. The Hall–Kier alpha value is -2.10. The first kappa shape index (κ1) is 9.45. The Morgan fingerprint density at radius 2 is 2.20 bits per heavy atom. The minimum absolute atomic E-state index is 0.0690. The van der Waals surface area contributed by atoms with E-state index in [1.54, 1.807) is 24.3 Å². The van der Waals surface area contributed by atoms with Gasteiger partial charge in [-0.3, -0.25) is 4.79 Å². The molecule has 0 saturated carbocycles. The molecular formula is C11H9NO3. The molecule has 0 radical (unpaired) electrons. The molecule has 2 rings (SSSR count). The highest BCUT2D eigenvalue weighted by atomic mass is 16.5. The van der Waals surface area contributed by atoms with E-state index in [9.17, 15) is 4.79 Å². The smallest absolute Gasteiger partial charge is 0.268 e. The summed E-state index contributed by atoms with van der Waals surface area (Å²) < 4.78 is 10.0. The van der Waals surface area contributed by atoms with Gasteiger partial charge in [-0.15, -0.1) is 0 Å². The molecule has 0 spiro atoms. The summed E-state index contributed by atoms with van der Waals surface area (Å²) in [5.41, 5.74) is 0.447. The Labute approximate surface area is 86.5 Å². The molecule has 0 saturated heterocycles.